The Hall–Kier alpha value is -2.00. The molecule has 2 aromatic carbocycles. The summed E-state index contributed by atoms with van der Waals surface area (Å²) in [6.07, 6.45) is 0. The van der Waals surface area contributed by atoms with Crippen molar-refractivity contribution >= 4 is 17.5 Å². The second kappa shape index (κ2) is 7.51. The van der Waals surface area contributed by atoms with Gasteiger partial charge in [0.25, 0.3) is 5.91 Å². The highest BCUT2D eigenvalue weighted by Crippen LogP contribution is 2.26. The molecule has 0 heterocycles. The van der Waals surface area contributed by atoms with Crippen LogP contribution in [0.1, 0.15) is 46.9 Å². The SMILES string of the molecule is CCOc1ccc(C(=O)N[C@H](C)c2cc(C)ccc2C)cc1Cl. The van der Waals surface area contributed by atoms with Gasteiger partial charge in [0.15, 0.2) is 0 Å². The van der Waals surface area contributed by atoms with E-state index in [0.717, 1.165) is 11.1 Å². The summed E-state index contributed by atoms with van der Waals surface area (Å²) in [5, 5.41) is 3.46. The molecule has 4 heteroatoms. The number of hydrogen-bond acceptors (Lipinski definition) is 2. The normalized spacial score (nSPS) is 11.9. The van der Waals surface area contributed by atoms with Crippen molar-refractivity contribution < 1.29 is 9.53 Å². The predicted molar refractivity (Wildman–Crippen MR) is 94.4 cm³/mol. The minimum absolute atomic E-state index is 0.0762. The third-order valence-corrected chi connectivity index (χ3v) is 4.04. The fraction of sp³-hybridized carbons (Fsp3) is 0.316. The molecule has 0 aliphatic rings. The van der Waals surface area contributed by atoms with Gasteiger partial charge in [-0.3, -0.25) is 4.79 Å². The molecule has 3 nitrogen and oxygen atoms in total. The fourth-order valence-electron chi connectivity index (χ4n) is 2.50. The molecule has 0 aliphatic carbocycles. The van der Waals surface area contributed by atoms with Gasteiger partial charge in [0.2, 0.25) is 0 Å². The molecular weight excluding hydrogens is 310 g/mol. The van der Waals surface area contributed by atoms with Crippen LogP contribution in [0.15, 0.2) is 36.4 Å². The van der Waals surface area contributed by atoms with Crippen molar-refractivity contribution in [2.75, 3.05) is 6.61 Å². The lowest BCUT2D eigenvalue weighted by atomic mass is 9.99. The van der Waals surface area contributed by atoms with Crippen molar-refractivity contribution in [2.24, 2.45) is 0 Å². The lowest BCUT2D eigenvalue weighted by Gasteiger charge is -2.17. The summed E-state index contributed by atoms with van der Waals surface area (Å²) in [7, 11) is 0. The zero-order valence-electron chi connectivity index (χ0n) is 13.9. The van der Waals surface area contributed by atoms with Crippen molar-refractivity contribution in [3.05, 3.63) is 63.7 Å². The maximum Gasteiger partial charge on any atom is 0.251 e. The van der Waals surface area contributed by atoms with Gasteiger partial charge in [-0.15, -0.1) is 0 Å². The Morgan fingerprint density at radius 1 is 1.22 bits per heavy atom. The molecule has 0 unspecified atom stereocenters. The van der Waals surface area contributed by atoms with Crippen molar-refractivity contribution in [1.29, 1.82) is 0 Å². The number of rotatable bonds is 5. The second-order valence-electron chi connectivity index (χ2n) is 5.63. The molecule has 0 saturated carbocycles. The minimum Gasteiger partial charge on any atom is -0.492 e. The summed E-state index contributed by atoms with van der Waals surface area (Å²) in [5.74, 6) is 0.441. The van der Waals surface area contributed by atoms with Crippen LogP contribution in [0.5, 0.6) is 5.75 Å². The summed E-state index contributed by atoms with van der Waals surface area (Å²) >= 11 is 6.15. The number of hydrogen-bond donors (Lipinski definition) is 1. The van der Waals surface area contributed by atoms with E-state index < -0.39 is 0 Å². The molecule has 23 heavy (non-hydrogen) atoms. The fourth-order valence-corrected chi connectivity index (χ4v) is 2.73. The first kappa shape index (κ1) is 17.4. The van der Waals surface area contributed by atoms with Crippen LogP contribution < -0.4 is 10.1 Å². The Morgan fingerprint density at radius 3 is 2.61 bits per heavy atom. The summed E-state index contributed by atoms with van der Waals surface area (Å²) in [6.45, 7) is 8.50. The average Bonchev–Trinajstić information content (AvgIpc) is 2.51. The number of ether oxygens (including phenoxy) is 1. The van der Waals surface area contributed by atoms with Crippen LogP contribution >= 0.6 is 11.6 Å². The van der Waals surface area contributed by atoms with Gasteiger partial charge in [-0.2, -0.15) is 0 Å². The maximum absolute atomic E-state index is 12.4. The Morgan fingerprint density at radius 2 is 1.96 bits per heavy atom. The van der Waals surface area contributed by atoms with Crippen molar-refractivity contribution in [3.8, 4) is 5.75 Å². The number of halogens is 1. The molecule has 1 N–H and O–H groups in total. The second-order valence-corrected chi connectivity index (χ2v) is 6.04. The Kier molecular flexibility index (Phi) is 5.67. The van der Waals surface area contributed by atoms with Crippen LogP contribution in [-0.4, -0.2) is 12.5 Å². The molecular formula is C19H22ClNO2. The van der Waals surface area contributed by atoms with Crippen LogP contribution in [0.25, 0.3) is 0 Å². The van der Waals surface area contributed by atoms with E-state index in [4.69, 9.17) is 16.3 Å². The minimum atomic E-state index is -0.150. The van der Waals surface area contributed by atoms with Gasteiger partial charge in [0.05, 0.1) is 17.7 Å². The number of benzene rings is 2. The summed E-state index contributed by atoms with van der Waals surface area (Å²) < 4.78 is 5.39. The lowest BCUT2D eigenvalue weighted by molar-refractivity contribution is 0.0940. The molecule has 2 rings (SSSR count). The van der Waals surface area contributed by atoms with Gasteiger partial charge in [0, 0.05) is 5.56 Å². The maximum atomic E-state index is 12.4. The number of carbonyl (C=O) groups excluding carboxylic acids is 1. The zero-order valence-corrected chi connectivity index (χ0v) is 14.7. The number of carbonyl (C=O) groups is 1. The van der Waals surface area contributed by atoms with Gasteiger partial charge in [-0.05, 0) is 57.0 Å². The first-order valence-electron chi connectivity index (χ1n) is 7.72. The highest BCUT2D eigenvalue weighted by atomic mass is 35.5. The number of nitrogens with one attached hydrogen (secondary N) is 1. The van der Waals surface area contributed by atoms with E-state index in [-0.39, 0.29) is 11.9 Å². The van der Waals surface area contributed by atoms with Gasteiger partial charge in [0.1, 0.15) is 5.75 Å². The zero-order chi connectivity index (χ0) is 17.0. The molecule has 1 amide bonds. The molecule has 1 atom stereocenters. The summed E-state index contributed by atoms with van der Waals surface area (Å²) in [6, 6.07) is 11.3. The first-order valence-corrected chi connectivity index (χ1v) is 8.10. The highest BCUT2D eigenvalue weighted by Gasteiger charge is 2.14. The Labute approximate surface area is 142 Å². The standard InChI is InChI=1S/C19H22ClNO2/c1-5-23-18-9-8-15(11-17(18)20)19(22)21-14(4)16-10-12(2)6-7-13(16)3/h6-11,14H,5H2,1-4H3,(H,21,22)/t14-/m1/s1. The molecule has 0 radical (unpaired) electrons. The summed E-state index contributed by atoms with van der Waals surface area (Å²) in [4.78, 5) is 12.4. The van der Waals surface area contributed by atoms with Crippen molar-refractivity contribution in [1.82, 2.24) is 5.32 Å². The van der Waals surface area contributed by atoms with E-state index >= 15 is 0 Å². The van der Waals surface area contributed by atoms with Crippen molar-refractivity contribution in [3.63, 3.8) is 0 Å². The third-order valence-electron chi connectivity index (χ3n) is 3.74. The van der Waals surface area contributed by atoms with E-state index in [1.54, 1.807) is 18.2 Å². The summed E-state index contributed by atoms with van der Waals surface area (Å²) in [5.41, 5.74) is 3.98. The molecule has 0 saturated heterocycles. The lowest BCUT2D eigenvalue weighted by Crippen LogP contribution is -2.27. The van der Waals surface area contributed by atoms with Crippen LogP contribution in [0.3, 0.4) is 0 Å². The van der Waals surface area contributed by atoms with Gasteiger partial charge >= 0.3 is 0 Å². The van der Waals surface area contributed by atoms with Crippen LogP contribution in [0.4, 0.5) is 0 Å². The van der Waals surface area contributed by atoms with Gasteiger partial charge < -0.3 is 10.1 Å². The van der Waals surface area contributed by atoms with E-state index in [2.05, 4.69) is 23.5 Å². The van der Waals surface area contributed by atoms with Crippen LogP contribution in [0, 0.1) is 13.8 Å². The quantitative estimate of drug-likeness (QED) is 0.850. The van der Waals surface area contributed by atoms with E-state index in [1.807, 2.05) is 27.7 Å². The Balaban J connectivity index is 2.15. The monoisotopic (exact) mass is 331 g/mol. The topological polar surface area (TPSA) is 38.3 Å². The molecule has 0 bridgehead atoms. The number of aryl methyl sites for hydroxylation is 2. The van der Waals surface area contributed by atoms with Crippen LogP contribution in [0.2, 0.25) is 5.02 Å². The van der Waals surface area contributed by atoms with Gasteiger partial charge in [-0.1, -0.05) is 35.4 Å². The molecule has 2 aromatic rings. The molecule has 0 aromatic heterocycles. The van der Waals surface area contributed by atoms with Crippen molar-refractivity contribution in [2.45, 2.75) is 33.7 Å². The third kappa shape index (κ3) is 4.26. The first-order chi connectivity index (χ1) is 10.9. The highest BCUT2D eigenvalue weighted by molar-refractivity contribution is 6.32. The van der Waals surface area contributed by atoms with E-state index in [0.29, 0.717) is 22.9 Å². The predicted octanol–water partition coefficient (Wildman–Crippen LogP) is 4.85. The van der Waals surface area contributed by atoms with E-state index in [1.165, 1.54) is 5.56 Å². The van der Waals surface area contributed by atoms with E-state index in [9.17, 15) is 4.79 Å². The Bertz CT molecular complexity index is 713. The number of amides is 1. The molecule has 0 aliphatic heterocycles. The average molecular weight is 332 g/mol. The molecule has 122 valence electrons. The molecule has 0 fully saturated rings. The molecule has 0 spiro atoms. The smallest absolute Gasteiger partial charge is 0.251 e. The van der Waals surface area contributed by atoms with Gasteiger partial charge in [-0.25, -0.2) is 0 Å². The largest absolute Gasteiger partial charge is 0.492 e. The van der Waals surface area contributed by atoms with Crippen LogP contribution in [-0.2, 0) is 0 Å².